The van der Waals surface area contributed by atoms with Gasteiger partial charge in [0.25, 0.3) is 0 Å². The highest BCUT2D eigenvalue weighted by Gasteiger charge is 2.23. The van der Waals surface area contributed by atoms with Crippen LogP contribution in [0.3, 0.4) is 0 Å². The minimum Gasteiger partial charge on any atom is -0.312 e. The molecule has 30 heavy (non-hydrogen) atoms. The molecule has 1 fully saturated rings. The van der Waals surface area contributed by atoms with Gasteiger partial charge in [0.1, 0.15) is 12.7 Å². The molecule has 4 rings (SSSR count). The highest BCUT2D eigenvalue weighted by atomic mass is 32.2. The van der Waals surface area contributed by atoms with Gasteiger partial charge in [-0.3, -0.25) is 4.79 Å². The third-order valence-electron chi connectivity index (χ3n) is 5.13. The second-order valence-corrected chi connectivity index (χ2v) is 9.07. The first-order valence-electron chi connectivity index (χ1n) is 9.73. The van der Waals surface area contributed by atoms with Crippen LogP contribution in [0.25, 0.3) is 0 Å². The maximum atomic E-state index is 12.8. The summed E-state index contributed by atoms with van der Waals surface area (Å²) in [6.45, 7) is 3.22. The molecule has 0 spiro atoms. The van der Waals surface area contributed by atoms with Crippen LogP contribution in [-0.4, -0.2) is 35.6 Å². The van der Waals surface area contributed by atoms with Crippen molar-refractivity contribution in [2.45, 2.75) is 37.8 Å². The number of sulfonamides is 1. The van der Waals surface area contributed by atoms with Crippen LogP contribution in [0.15, 0.2) is 60.0 Å². The molecule has 0 bridgehead atoms. The van der Waals surface area contributed by atoms with Gasteiger partial charge in [-0.2, -0.15) is 5.10 Å². The molecule has 1 N–H and O–H groups in total. The average molecular weight is 426 g/mol. The Bertz CT molecular complexity index is 1140. The molecule has 1 aliphatic heterocycles. The smallest absolute Gasteiger partial charge is 0.241 e. The van der Waals surface area contributed by atoms with Gasteiger partial charge in [-0.1, -0.05) is 24.3 Å². The van der Waals surface area contributed by atoms with E-state index in [0.717, 1.165) is 23.2 Å². The number of aromatic nitrogens is 3. The molecule has 1 amide bonds. The van der Waals surface area contributed by atoms with Gasteiger partial charge in [-0.15, -0.1) is 0 Å². The van der Waals surface area contributed by atoms with Gasteiger partial charge in [0.2, 0.25) is 15.9 Å². The van der Waals surface area contributed by atoms with Crippen LogP contribution < -0.4 is 9.62 Å². The number of amides is 1. The lowest BCUT2D eigenvalue weighted by Crippen LogP contribution is -2.25. The van der Waals surface area contributed by atoms with E-state index in [1.165, 1.54) is 6.33 Å². The Balaban J connectivity index is 1.42. The van der Waals surface area contributed by atoms with Gasteiger partial charge in [0.15, 0.2) is 0 Å². The molecule has 1 aromatic heterocycles. The number of hydrogen-bond donors (Lipinski definition) is 1. The fourth-order valence-electron chi connectivity index (χ4n) is 3.54. The van der Waals surface area contributed by atoms with Gasteiger partial charge < -0.3 is 4.90 Å². The van der Waals surface area contributed by atoms with Gasteiger partial charge in [-0.05, 0) is 48.2 Å². The van der Waals surface area contributed by atoms with Crippen molar-refractivity contribution in [3.05, 3.63) is 71.8 Å². The summed E-state index contributed by atoms with van der Waals surface area (Å²) < 4.78 is 30.0. The minimum atomic E-state index is -3.67. The summed E-state index contributed by atoms with van der Waals surface area (Å²) >= 11 is 0. The zero-order valence-electron chi connectivity index (χ0n) is 16.7. The number of anilines is 1. The summed E-state index contributed by atoms with van der Waals surface area (Å²) in [5.41, 5.74) is 3.27. The number of benzene rings is 2. The Hall–Kier alpha value is -3.04. The molecule has 0 atom stereocenters. The number of carbonyl (C=O) groups excluding carboxylic acids is 1. The molecular weight excluding hydrogens is 402 g/mol. The highest BCUT2D eigenvalue weighted by molar-refractivity contribution is 7.89. The van der Waals surface area contributed by atoms with Crippen LogP contribution in [-0.2, 0) is 27.9 Å². The lowest BCUT2D eigenvalue weighted by molar-refractivity contribution is -0.117. The van der Waals surface area contributed by atoms with Crippen LogP contribution >= 0.6 is 0 Å². The number of carbonyl (C=O) groups is 1. The number of rotatable bonds is 7. The zero-order chi connectivity index (χ0) is 21.1. The van der Waals surface area contributed by atoms with Crippen LogP contribution in [0, 0.1) is 6.92 Å². The predicted octanol–water partition coefficient (Wildman–Crippen LogP) is 2.24. The molecule has 0 saturated carbocycles. The summed E-state index contributed by atoms with van der Waals surface area (Å²) in [6, 6.07) is 12.7. The molecule has 2 aromatic carbocycles. The molecule has 1 aliphatic rings. The Morgan fingerprint density at radius 2 is 1.87 bits per heavy atom. The van der Waals surface area contributed by atoms with E-state index >= 15 is 0 Å². The first kappa shape index (κ1) is 20.2. The largest absolute Gasteiger partial charge is 0.312 e. The minimum absolute atomic E-state index is 0.0791. The van der Waals surface area contributed by atoms with E-state index < -0.39 is 10.0 Å². The van der Waals surface area contributed by atoms with Gasteiger partial charge in [0, 0.05) is 25.2 Å². The SMILES string of the molecule is Cc1cc(N2CCCC2=O)ccc1S(=O)(=O)NCc1ccc(Cn2cncn2)cc1. The van der Waals surface area contributed by atoms with E-state index in [4.69, 9.17) is 0 Å². The average Bonchev–Trinajstić information content (AvgIpc) is 3.39. The molecular formula is C21H23N5O3S. The Kier molecular flexibility index (Phi) is 5.65. The van der Waals surface area contributed by atoms with Crippen LogP contribution in [0.1, 0.15) is 29.5 Å². The van der Waals surface area contributed by atoms with E-state index in [-0.39, 0.29) is 17.3 Å². The summed E-state index contributed by atoms with van der Waals surface area (Å²) in [5, 5.41) is 4.07. The maximum Gasteiger partial charge on any atom is 0.241 e. The van der Waals surface area contributed by atoms with Crippen molar-refractivity contribution in [2.24, 2.45) is 0 Å². The van der Waals surface area contributed by atoms with Gasteiger partial charge >= 0.3 is 0 Å². The number of aryl methyl sites for hydroxylation is 1. The number of nitrogens with one attached hydrogen (secondary N) is 1. The van der Waals surface area contributed by atoms with Crippen LogP contribution in [0.4, 0.5) is 5.69 Å². The topological polar surface area (TPSA) is 97.2 Å². The first-order chi connectivity index (χ1) is 14.4. The Morgan fingerprint density at radius 1 is 1.10 bits per heavy atom. The zero-order valence-corrected chi connectivity index (χ0v) is 17.5. The lowest BCUT2D eigenvalue weighted by atomic mass is 10.1. The highest BCUT2D eigenvalue weighted by Crippen LogP contribution is 2.26. The van der Waals surface area contributed by atoms with E-state index in [9.17, 15) is 13.2 Å². The molecule has 0 unspecified atom stereocenters. The molecule has 156 valence electrons. The van der Waals surface area contributed by atoms with Crippen molar-refractivity contribution in [1.82, 2.24) is 19.5 Å². The predicted molar refractivity (Wildman–Crippen MR) is 112 cm³/mol. The van der Waals surface area contributed by atoms with Gasteiger partial charge in [0.05, 0.1) is 11.4 Å². The number of hydrogen-bond acceptors (Lipinski definition) is 5. The quantitative estimate of drug-likeness (QED) is 0.626. The molecule has 3 aromatic rings. The van der Waals surface area contributed by atoms with E-state index in [2.05, 4.69) is 14.8 Å². The Labute approximate surface area is 175 Å². The summed E-state index contributed by atoms with van der Waals surface area (Å²) in [4.78, 5) is 17.8. The monoisotopic (exact) mass is 425 g/mol. The number of nitrogens with zero attached hydrogens (tertiary/aromatic N) is 4. The third-order valence-corrected chi connectivity index (χ3v) is 6.70. The van der Waals surface area contributed by atoms with Crippen molar-refractivity contribution in [3.63, 3.8) is 0 Å². The van der Waals surface area contributed by atoms with Gasteiger partial charge in [-0.25, -0.2) is 22.8 Å². The van der Waals surface area contributed by atoms with Crippen molar-refractivity contribution >= 4 is 21.6 Å². The van der Waals surface area contributed by atoms with Crippen LogP contribution in [0.5, 0.6) is 0 Å². The fourth-order valence-corrected chi connectivity index (χ4v) is 4.79. The second-order valence-electron chi connectivity index (χ2n) is 7.33. The summed E-state index contributed by atoms with van der Waals surface area (Å²) in [7, 11) is -3.67. The molecule has 1 saturated heterocycles. The standard InChI is InChI=1S/C21H23N5O3S/c1-16-11-19(26-10-2-3-21(26)27)8-9-20(16)30(28,29)24-12-17-4-6-18(7-5-17)13-25-15-22-14-23-25/h4-9,11,14-15,24H,2-3,10,12-13H2,1H3. The third kappa shape index (κ3) is 4.42. The van der Waals surface area contributed by atoms with Crippen molar-refractivity contribution in [2.75, 3.05) is 11.4 Å². The molecule has 2 heterocycles. The molecule has 0 aliphatic carbocycles. The van der Waals surface area contributed by atoms with Crippen molar-refractivity contribution < 1.29 is 13.2 Å². The normalized spacial score (nSPS) is 14.4. The first-order valence-corrected chi connectivity index (χ1v) is 11.2. The molecule has 9 heteroatoms. The Morgan fingerprint density at radius 3 is 2.50 bits per heavy atom. The second kappa shape index (κ2) is 8.37. The molecule has 8 nitrogen and oxygen atoms in total. The van der Waals surface area contributed by atoms with Crippen molar-refractivity contribution in [3.8, 4) is 0 Å². The molecule has 0 radical (unpaired) electrons. The van der Waals surface area contributed by atoms with E-state index in [1.54, 1.807) is 41.0 Å². The fraction of sp³-hybridized carbons (Fsp3) is 0.286. The summed E-state index contributed by atoms with van der Waals surface area (Å²) in [5.74, 6) is 0.0791. The van der Waals surface area contributed by atoms with Crippen molar-refractivity contribution in [1.29, 1.82) is 0 Å². The van der Waals surface area contributed by atoms with E-state index in [0.29, 0.717) is 25.1 Å². The van der Waals surface area contributed by atoms with Crippen LogP contribution in [0.2, 0.25) is 0 Å². The maximum absolute atomic E-state index is 12.8. The van der Waals surface area contributed by atoms with E-state index in [1.807, 2.05) is 24.3 Å². The lowest BCUT2D eigenvalue weighted by Gasteiger charge is -2.18. The summed E-state index contributed by atoms with van der Waals surface area (Å²) in [6.07, 6.45) is 4.51.